The standard InChI is InChI=1S/C11H15N3O3/c1-2-6-17-8-4-3-5-13-10(8)11(16)14-9(15)7-12/h3-5H,2,6-7,12H2,1H3,(H,14,15,16). The second-order valence-electron chi connectivity index (χ2n) is 3.28. The van der Waals surface area contributed by atoms with Gasteiger partial charge in [-0.25, -0.2) is 4.98 Å². The summed E-state index contributed by atoms with van der Waals surface area (Å²) >= 11 is 0. The zero-order valence-electron chi connectivity index (χ0n) is 9.60. The highest BCUT2D eigenvalue weighted by Crippen LogP contribution is 2.15. The third-order valence-corrected chi connectivity index (χ3v) is 1.89. The molecule has 3 N–H and O–H groups in total. The minimum atomic E-state index is -0.604. The summed E-state index contributed by atoms with van der Waals surface area (Å²) in [5, 5.41) is 2.12. The number of imide groups is 1. The Hall–Kier alpha value is -1.95. The van der Waals surface area contributed by atoms with E-state index in [0.717, 1.165) is 6.42 Å². The smallest absolute Gasteiger partial charge is 0.280 e. The number of amides is 2. The second kappa shape index (κ2) is 6.59. The monoisotopic (exact) mass is 237 g/mol. The molecule has 0 bridgehead atoms. The van der Waals surface area contributed by atoms with Crippen molar-refractivity contribution in [1.82, 2.24) is 10.3 Å². The number of ether oxygens (including phenoxy) is 1. The Labute approximate surface area is 99.2 Å². The van der Waals surface area contributed by atoms with Crippen LogP contribution in [-0.4, -0.2) is 29.9 Å². The largest absolute Gasteiger partial charge is 0.491 e. The molecule has 6 nitrogen and oxygen atoms in total. The van der Waals surface area contributed by atoms with E-state index >= 15 is 0 Å². The van der Waals surface area contributed by atoms with Crippen molar-refractivity contribution in [3.05, 3.63) is 24.0 Å². The summed E-state index contributed by atoms with van der Waals surface area (Å²) in [4.78, 5) is 26.6. The molecule has 0 fully saturated rings. The van der Waals surface area contributed by atoms with Gasteiger partial charge in [-0.1, -0.05) is 6.92 Å². The lowest BCUT2D eigenvalue weighted by Crippen LogP contribution is -2.36. The van der Waals surface area contributed by atoms with Crippen LogP contribution in [0.25, 0.3) is 0 Å². The molecule has 0 radical (unpaired) electrons. The maximum absolute atomic E-state index is 11.7. The summed E-state index contributed by atoms with van der Waals surface area (Å²) in [5.74, 6) is -0.800. The van der Waals surface area contributed by atoms with E-state index in [0.29, 0.717) is 12.4 Å². The van der Waals surface area contributed by atoms with Gasteiger partial charge in [0.15, 0.2) is 11.4 Å². The number of nitrogens with two attached hydrogens (primary N) is 1. The lowest BCUT2D eigenvalue weighted by molar-refractivity contribution is -0.118. The number of nitrogens with zero attached hydrogens (tertiary/aromatic N) is 1. The zero-order valence-corrected chi connectivity index (χ0v) is 9.60. The maximum atomic E-state index is 11.7. The fraction of sp³-hybridized carbons (Fsp3) is 0.364. The van der Waals surface area contributed by atoms with Gasteiger partial charge in [0, 0.05) is 6.20 Å². The van der Waals surface area contributed by atoms with Crippen LogP contribution in [0.15, 0.2) is 18.3 Å². The predicted octanol–water partition coefficient (Wildman–Crippen LogP) is 0.0855. The molecule has 0 atom stereocenters. The minimum Gasteiger partial charge on any atom is -0.491 e. The van der Waals surface area contributed by atoms with Crippen LogP contribution in [0.1, 0.15) is 23.8 Å². The zero-order chi connectivity index (χ0) is 12.7. The van der Waals surface area contributed by atoms with Gasteiger partial charge in [0.25, 0.3) is 5.91 Å². The summed E-state index contributed by atoms with van der Waals surface area (Å²) in [5.41, 5.74) is 5.19. The van der Waals surface area contributed by atoms with Crippen LogP contribution in [0.2, 0.25) is 0 Å². The molecule has 0 spiro atoms. The summed E-state index contributed by atoms with van der Waals surface area (Å²) in [6, 6.07) is 3.29. The predicted molar refractivity (Wildman–Crippen MR) is 61.6 cm³/mol. The Morgan fingerprint density at radius 2 is 2.29 bits per heavy atom. The molecule has 1 aromatic rings. The molecule has 0 aromatic carbocycles. The van der Waals surface area contributed by atoms with E-state index in [-0.39, 0.29) is 12.2 Å². The van der Waals surface area contributed by atoms with Gasteiger partial charge < -0.3 is 10.5 Å². The molecule has 2 amide bonds. The first kappa shape index (κ1) is 13.1. The second-order valence-corrected chi connectivity index (χ2v) is 3.28. The van der Waals surface area contributed by atoms with Crippen molar-refractivity contribution in [1.29, 1.82) is 0 Å². The molecule has 0 aliphatic heterocycles. The van der Waals surface area contributed by atoms with Gasteiger partial charge in [0.1, 0.15) is 0 Å². The van der Waals surface area contributed by atoms with Crippen LogP contribution in [-0.2, 0) is 4.79 Å². The van der Waals surface area contributed by atoms with Gasteiger partial charge in [-0.2, -0.15) is 0 Å². The lowest BCUT2D eigenvalue weighted by atomic mass is 10.3. The maximum Gasteiger partial charge on any atom is 0.280 e. The third-order valence-electron chi connectivity index (χ3n) is 1.89. The van der Waals surface area contributed by atoms with Gasteiger partial charge in [-0.15, -0.1) is 0 Å². The van der Waals surface area contributed by atoms with Crippen LogP contribution in [0.5, 0.6) is 5.75 Å². The normalized spacial score (nSPS) is 9.76. The van der Waals surface area contributed by atoms with Crippen LogP contribution in [0.3, 0.4) is 0 Å². The van der Waals surface area contributed by atoms with Crippen molar-refractivity contribution in [3.63, 3.8) is 0 Å². The lowest BCUT2D eigenvalue weighted by Gasteiger charge is -2.08. The van der Waals surface area contributed by atoms with Crippen LogP contribution in [0, 0.1) is 0 Å². The van der Waals surface area contributed by atoms with E-state index < -0.39 is 11.8 Å². The van der Waals surface area contributed by atoms with Crippen LogP contribution >= 0.6 is 0 Å². The van der Waals surface area contributed by atoms with E-state index in [9.17, 15) is 9.59 Å². The van der Waals surface area contributed by atoms with E-state index in [2.05, 4.69) is 10.3 Å². The highest BCUT2D eigenvalue weighted by molar-refractivity contribution is 6.05. The van der Waals surface area contributed by atoms with Crippen molar-refractivity contribution >= 4 is 11.8 Å². The highest BCUT2D eigenvalue weighted by atomic mass is 16.5. The van der Waals surface area contributed by atoms with Crippen LogP contribution in [0.4, 0.5) is 0 Å². The van der Waals surface area contributed by atoms with E-state index in [1.54, 1.807) is 12.1 Å². The minimum absolute atomic E-state index is 0.0859. The van der Waals surface area contributed by atoms with Gasteiger partial charge in [-0.05, 0) is 18.6 Å². The molecule has 1 aromatic heterocycles. The Balaban J connectivity index is 2.81. The van der Waals surface area contributed by atoms with Gasteiger partial charge >= 0.3 is 0 Å². The molecule has 6 heteroatoms. The van der Waals surface area contributed by atoms with Crippen molar-refractivity contribution in [2.75, 3.05) is 13.2 Å². The van der Waals surface area contributed by atoms with Gasteiger partial charge in [0.05, 0.1) is 13.2 Å². The number of nitrogens with one attached hydrogen (secondary N) is 1. The Morgan fingerprint density at radius 1 is 1.53 bits per heavy atom. The Kier molecular flexibility index (Phi) is 5.09. The average Bonchev–Trinajstić information content (AvgIpc) is 2.36. The first-order valence-corrected chi connectivity index (χ1v) is 5.31. The fourth-order valence-electron chi connectivity index (χ4n) is 1.13. The first-order chi connectivity index (χ1) is 8.19. The molecule has 1 rings (SSSR count). The first-order valence-electron chi connectivity index (χ1n) is 5.31. The third kappa shape index (κ3) is 3.84. The SMILES string of the molecule is CCCOc1cccnc1C(=O)NC(=O)CN. The van der Waals surface area contributed by atoms with E-state index in [1.165, 1.54) is 6.20 Å². The highest BCUT2D eigenvalue weighted by Gasteiger charge is 2.15. The molecule has 0 saturated heterocycles. The Morgan fingerprint density at radius 3 is 2.94 bits per heavy atom. The molecule has 0 unspecified atom stereocenters. The number of pyridine rings is 1. The number of carbonyl (C=O) groups excluding carboxylic acids is 2. The molecule has 0 saturated carbocycles. The molecule has 92 valence electrons. The average molecular weight is 237 g/mol. The number of carbonyl (C=O) groups is 2. The summed E-state index contributed by atoms with van der Waals surface area (Å²) < 4.78 is 5.36. The number of hydrogen-bond donors (Lipinski definition) is 2. The van der Waals surface area contributed by atoms with Crippen molar-refractivity contribution in [2.24, 2.45) is 5.73 Å². The number of rotatable bonds is 5. The number of hydrogen-bond acceptors (Lipinski definition) is 5. The van der Waals surface area contributed by atoms with Crippen LogP contribution < -0.4 is 15.8 Å². The molecule has 0 aliphatic rings. The summed E-state index contributed by atoms with van der Waals surface area (Å²) in [6.45, 7) is 2.19. The molecular weight excluding hydrogens is 222 g/mol. The molecule has 0 aliphatic carbocycles. The van der Waals surface area contributed by atoms with Gasteiger partial charge in [0.2, 0.25) is 5.91 Å². The van der Waals surface area contributed by atoms with E-state index in [4.69, 9.17) is 10.5 Å². The quantitative estimate of drug-likeness (QED) is 0.756. The van der Waals surface area contributed by atoms with Crippen molar-refractivity contribution in [2.45, 2.75) is 13.3 Å². The van der Waals surface area contributed by atoms with Gasteiger partial charge in [-0.3, -0.25) is 14.9 Å². The summed E-state index contributed by atoms with van der Waals surface area (Å²) in [7, 11) is 0. The fourth-order valence-corrected chi connectivity index (χ4v) is 1.13. The Bertz CT molecular complexity index is 407. The van der Waals surface area contributed by atoms with Crippen molar-refractivity contribution in [3.8, 4) is 5.75 Å². The molecular formula is C11H15N3O3. The van der Waals surface area contributed by atoms with Crippen molar-refractivity contribution < 1.29 is 14.3 Å². The summed E-state index contributed by atoms with van der Waals surface area (Å²) in [6.07, 6.45) is 2.28. The topological polar surface area (TPSA) is 94.3 Å². The molecule has 17 heavy (non-hydrogen) atoms. The van der Waals surface area contributed by atoms with E-state index in [1.807, 2.05) is 6.92 Å². The number of aromatic nitrogens is 1. The molecule has 1 heterocycles.